The van der Waals surface area contributed by atoms with Crippen LogP contribution in [-0.4, -0.2) is 27.5 Å². The van der Waals surface area contributed by atoms with Crippen LogP contribution in [0.5, 0.6) is 5.75 Å². The zero-order valence-electron chi connectivity index (χ0n) is 15.9. The molecule has 0 saturated heterocycles. The molecule has 144 valence electrons. The standard InChI is InChI=1S/C23H29NO3/c1-2-21-14-22(26,15-24)23(27,17-6-4-3-5-7-17)13-18(21)9-8-16-12-19(25)10-11-20(16)21/h3-7,10-12,18,25-27H,2,8-9,13-15,24H2,1H3/t18-,21-,22+,23-/m1/s1. The summed E-state index contributed by atoms with van der Waals surface area (Å²) in [7, 11) is 0. The molecule has 27 heavy (non-hydrogen) atoms. The number of fused-ring (bicyclic) bond motifs is 3. The first kappa shape index (κ1) is 18.5. The van der Waals surface area contributed by atoms with Crippen molar-refractivity contribution < 1.29 is 15.3 Å². The van der Waals surface area contributed by atoms with Crippen molar-refractivity contribution in [2.75, 3.05) is 6.54 Å². The average molecular weight is 367 g/mol. The number of hydrogen-bond donors (Lipinski definition) is 4. The molecule has 4 nitrogen and oxygen atoms in total. The van der Waals surface area contributed by atoms with Gasteiger partial charge < -0.3 is 21.1 Å². The van der Waals surface area contributed by atoms with Gasteiger partial charge in [-0.15, -0.1) is 0 Å². The summed E-state index contributed by atoms with van der Waals surface area (Å²) in [5.74, 6) is 0.528. The van der Waals surface area contributed by atoms with Crippen molar-refractivity contribution in [2.24, 2.45) is 11.7 Å². The highest BCUT2D eigenvalue weighted by molar-refractivity contribution is 5.45. The van der Waals surface area contributed by atoms with Crippen molar-refractivity contribution in [1.82, 2.24) is 0 Å². The van der Waals surface area contributed by atoms with Gasteiger partial charge in [-0.3, -0.25) is 0 Å². The van der Waals surface area contributed by atoms with Crippen molar-refractivity contribution in [3.05, 3.63) is 65.2 Å². The summed E-state index contributed by atoms with van der Waals surface area (Å²) in [4.78, 5) is 0. The Bertz CT molecular complexity index is 839. The molecule has 5 N–H and O–H groups in total. The summed E-state index contributed by atoms with van der Waals surface area (Å²) in [5, 5.41) is 33.3. The van der Waals surface area contributed by atoms with Gasteiger partial charge in [-0.2, -0.15) is 0 Å². The zero-order chi connectivity index (χ0) is 19.3. The maximum Gasteiger partial charge on any atom is 0.120 e. The lowest BCUT2D eigenvalue weighted by Crippen LogP contribution is -2.66. The van der Waals surface area contributed by atoms with Crippen molar-refractivity contribution in [2.45, 2.75) is 55.6 Å². The molecule has 4 heteroatoms. The second-order valence-corrected chi connectivity index (χ2v) is 8.43. The van der Waals surface area contributed by atoms with Gasteiger partial charge in [0, 0.05) is 12.0 Å². The first-order valence-electron chi connectivity index (χ1n) is 9.91. The topological polar surface area (TPSA) is 86.7 Å². The van der Waals surface area contributed by atoms with E-state index in [-0.39, 0.29) is 23.6 Å². The molecule has 0 bridgehead atoms. The lowest BCUT2D eigenvalue weighted by atomic mass is 9.48. The molecule has 0 unspecified atom stereocenters. The van der Waals surface area contributed by atoms with Crippen LogP contribution in [0.25, 0.3) is 0 Å². The lowest BCUT2D eigenvalue weighted by Gasteiger charge is -2.59. The quantitative estimate of drug-likeness (QED) is 0.672. The summed E-state index contributed by atoms with van der Waals surface area (Å²) < 4.78 is 0. The second kappa shape index (κ2) is 6.33. The third kappa shape index (κ3) is 2.54. The summed E-state index contributed by atoms with van der Waals surface area (Å²) in [6.07, 6.45) is 3.57. The number of benzene rings is 2. The third-order valence-corrected chi connectivity index (χ3v) is 7.31. The molecule has 4 atom stereocenters. The predicted octanol–water partition coefficient (Wildman–Crippen LogP) is 2.97. The highest BCUT2D eigenvalue weighted by atomic mass is 16.4. The average Bonchev–Trinajstić information content (AvgIpc) is 2.69. The minimum absolute atomic E-state index is 0.000279. The molecule has 0 aliphatic heterocycles. The molecule has 2 aromatic carbocycles. The van der Waals surface area contributed by atoms with Gasteiger partial charge in [0.2, 0.25) is 0 Å². The molecular weight excluding hydrogens is 338 g/mol. The molecule has 0 heterocycles. The van der Waals surface area contributed by atoms with Crippen LogP contribution in [0, 0.1) is 5.92 Å². The fraction of sp³-hybridized carbons (Fsp3) is 0.478. The summed E-state index contributed by atoms with van der Waals surface area (Å²) >= 11 is 0. The summed E-state index contributed by atoms with van der Waals surface area (Å²) in [5.41, 5.74) is 6.15. The van der Waals surface area contributed by atoms with Gasteiger partial charge in [0.15, 0.2) is 0 Å². The number of hydrogen-bond acceptors (Lipinski definition) is 4. The van der Waals surface area contributed by atoms with Crippen LogP contribution in [0.1, 0.15) is 49.3 Å². The van der Waals surface area contributed by atoms with Crippen LogP contribution >= 0.6 is 0 Å². The van der Waals surface area contributed by atoms with E-state index < -0.39 is 11.2 Å². The van der Waals surface area contributed by atoms with Crippen LogP contribution < -0.4 is 5.73 Å². The monoisotopic (exact) mass is 367 g/mol. The number of nitrogens with two attached hydrogens (primary N) is 1. The Labute approximate surface area is 160 Å². The van der Waals surface area contributed by atoms with E-state index >= 15 is 0 Å². The maximum absolute atomic E-state index is 11.7. The number of rotatable bonds is 3. The number of aryl methyl sites for hydroxylation is 1. The molecule has 0 aromatic heterocycles. The molecule has 1 fully saturated rings. The van der Waals surface area contributed by atoms with Gasteiger partial charge in [0.25, 0.3) is 0 Å². The van der Waals surface area contributed by atoms with E-state index in [9.17, 15) is 15.3 Å². The van der Waals surface area contributed by atoms with Crippen LogP contribution in [0.4, 0.5) is 0 Å². The highest BCUT2D eigenvalue weighted by Crippen LogP contribution is 2.59. The van der Waals surface area contributed by atoms with Gasteiger partial charge in [-0.1, -0.05) is 43.3 Å². The SMILES string of the molecule is CC[C@@]12C[C@](O)(CN)[C@](O)(c3ccccc3)C[C@H]1CCc1cc(O)ccc12. The van der Waals surface area contributed by atoms with Crippen LogP contribution in [0.3, 0.4) is 0 Å². The Morgan fingerprint density at radius 1 is 1.11 bits per heavy atom. The molecular formula is C23H29NO3. The molecule has 2 aromatic rings. The number of phenolic OH excluding ortho intramolecular Hbond substituents is 1. The number of aliphatic hydroxyl groups is 2. The van der Waals surface area contributed by atoms with Gasteiger partial charge >= 0.3 is 0 Å². The van der Waals surface area contributed by atoms with Crippen LogP contribution in [0.15, 0.2) is 48.5 Å². The Kier molecular flexibility index (Phi) is 4.34. The maximum atomic E-state index is 11.7. The number of aromatic hydroxyl groups is 1. The fourth-order valence-electron chi connectivity index (χ4n) is 5.80. The molecule has 0 radical (unpaired) electrons. The summed E-state index contributed by atoms with van der Waals surface area (Å²) in [6.45, 7) is 2.15. The van der Waals surface area contributed by atoms with E-state index in [0.29, 0.717) is 12.8 Å². The Hall–Kier alpha value is -1.88. The lowest BCUT2D eigenvalue weighted by molar-refractivity contribution is -0.209. The Balaban J connectivity index is 1.86. The minimum Gasteiger partial charge on any atom is -0.508 e. The molecule has 4 rings (SSSR count). The van der Waals surface area contributed by atoms with E-state index in [2.05, 4.69) is 6.92 Å². The molecule has 0 amide bonds. The van der Waals surface area contributed by atoms with E-state index in [4.69, 9.17) is 5.73 Å². The van der Waals surface area contributed by atoms with Gasteiger partial charge in [0.05, 0.1) is 0 Å². The second-order valence-electron chi connectivity index (χ2n) is 8.43. The first-order chi connectivity index (χ1) is 12.9. The molecule has 0 spiro atoms. The first-order valence-corrected chi connectivity index (χ1v) is 9.91. The summed E-state index contributed by atoms with van der Waals surface area (Å²) in [6, 6.07) is 15.1. The fourth-order valence-corrected chi connectivity index (χ4v) is 5.80. The normalized spacial score (nSPS) is 35.3. The van der Waals surface area contributed by atoms with Crippen molar-refractivity contribution >= 4 is 0 Å². The molecule has 2 aliphatic carbocycles. The van der Waals surface area contributed by atoms with Crippen LogP contribution in [0.2, 0.25) is 0 Å². The van der Waals surface area contributed by atoms with Crippen molar-refractivity contribution in [3.63, 3.8) is 0 Å². The van der Waals surface area contributed by atoms with Gasteiger partial charge in [-0.25, -0.2) is 0 Å². The van der Waals surface area contributed by atoms with Crippen molar-refractivity contribution in [3.8, 4) is 5.75 Å². The van der Waals surface area contributed by atoms with Crippen molar-refractivity contribution in [1.29, 1.82) is 0 Å². The Morgan fingerprint density at radius 2 is 1.85 bits per heavy atom. The van der Waals surface area contributed by atoms with E-state index in [1.165, 1.54) is 5.56 Å². The van der Waals surface area contributed by atoms with E-state index in [0.717, 1.165) is 30.4 Å². The highest BCUT2D eigenvalue weighted by Gasteiger charge is 2.62. The predicted molar refractivity (Wildman–Crippen MR) is 105 cm³/mol. The third-order valence-electron chi connectivity index (χ3n) is 7.31. The minimum atomic E-state index is -1.41. The number of phenols is 1. The molecule has 2 aliphatic rings. The van der Waals surface area contributed by atoms with E-state index in [1.807, 2.05) is 42.5 Å². The van der Waals surface area contributed by atoms with Gasteiger partial charge in [-0.05, 0) is 66.8 Å². The van der Waals surface area contributed by atoms with E-state index in [1.54, 1.807) is 6.07 Å². The van der Waals surface area contributed by atoms with Crippen LogP contribution in [-0.2, 0) is 17.4 Å². The molecule has 1 saturated carbocycles. The largest absolute Gasteiger partial charge is 0.508 e. The Morgan fingerprint density at radius 3 is 2.52 bits per heavy atom. The van der Waals surface area contributed by atoms with Gasteiger partial charge in [0.1, 0.15) is 17.0 Å². The smallest absolute Gasteiger partial charge is 0.120 e. The zero-order valence-corrected chi connectivity index (χ0v) is 15.9.